The van der Waals surface area contributed by atoms with Gasteiger partial charge < -0.3 is 4.74 Å². The van der Waals surface area contributed by atoms with E-state index in [0.717, 1.165) is 12.5 Å². The molecule has 2 atom stereocenters. The summed E-state index contributed by atoms with van der Waals surface area (Å²) in [6.45, 7) is 3.18. The lowest BCUT2D eigenvalue weighted by molar-refractivity contribution is -0.0573. The van der Waals surface area contributed by atoms with E-state index in [1.54, 1.807) is 0 Å². The van der Waals surface area contributed by atoms with Crippen LogP contribution in [-0.2, 0) is 4.74 Å². The molecule has 0 N–H and O–H groups in total. The largest absolute Gasteiger partial charge is 0.371 e. The predicted octanol–water partition coefficient (Wildman–Crippen LogP) is 2.91. The van der Waals surface area contributed by atoms with Crippen molar-refractivity contribution in [2.75, 3.05) is 6.61 Å². The molecule has 0 aromatic heterocycles. The quantitative estimate of drug-likeness (QED) is 0.503. The Bertz CT molecular complexity index is 173. The summed E-state index contributed by atoms with van der Waals surface area (Å²) >= 11 is 0. The van der Waals surface area contributed by atoms with Crippen LogP contribution >= 0.6 is 0 Å². The first kappa shape index (κ1) is 8.31. The van der Waals surface area contributed by atoms with E-state index in [4.69, 9.17) is 4.74 Å². The molecule has 2 aliphatic rings. The third-order valence-electron chi connectivity index (χ3n) is 3.50. The normalized spacial score (nSPS) is 41.9. The van der Waals surface area contributed by atoms with Gasteiger partial charge in [0.25, 0.3) is 0 Å². The van der Waals surface area contributed by atoms with Gasteiger partial charge >= 0.3 is 0 Å². The summed E-state index contributed by atoms with van der Waals surface area (Å²) in [5.41, 5.74) is 0.253. The lowest BCUT2D eigenvalue weighted by Crippen LogP contribution is -2.34. The van der Waals surface area contributed by atoms with Crippen LogP contribution in [-0.4, -0.2) is 12.2 Å². The lowest BCUT2D eigenvalue weighted by Gasteiger charge is -2.32. The van der Waals surface area contributed by atoms with Crippen LogP contribution < -0.4 is 0 Å². The van der Waals surface area contributed by atoms with Crippen LogP contribution in [0.2, 0.25) is 0 Å². The molecule has 0 aromatic rings. The van der Waals surface area contributed by atoms with E-state index in [-0.39, 0.29) is 5.60 Å². The Kier molecular flexibility index (Phi) is 2.22. The smallest absolute Gasteiger partial charge is 0.0715 e. The van der Waals surface area contributed by atoms with E-state index in [1.165, 1.54) is 32.1 Å². The molecule has 1 aliphatic carbocycles. The number of rotatable bonds is 0. The first-order valence-corrected chi connectivity index (χ1v) is 5.12. The fraction of sp³-hybridized carbons (Fsp3) is 0.818. The second-order valence-electron chi connectivity index (χ2n) is 4.18. The maximum Gasteiger partial charge on any atom is 0.0715 e. The van der Waals surface area contributed by atoms with Crippen LogP contribution in [0.15, 0.2) is 12.2 Å². The van der Waals surface area contributed by atoms with Crippen molar-refractivity contribution < 1.29 is 4.74 Å². The van der Waals surface area contributed by atoms with Crippen molar-refractivity contribution in [2.45, 2.75) is 44.6 Å². The molecule has 1 heteroatoms. The second-order valence-corrected chi connectivity index (χ2v) is 4.18. The summed E-state index contributed by atoms with van der Waals surface area (Å²) in [5, 5.41) is 0. The molecule has 68 valence electrons. The minimum Gasteiger partial charge on any atom is -0.371 e. The maximum absolute atomic E-state index is 5.98. The molecular weight excluding hydrogens is 148 g/mol. The summed E-state index contributed by atoms with van der Waals surface area (Å²) in [7, 11) is 0. The zero-order chi connectivity index (χ0) is 8.44. The highest BCUT2D eigenvalue weighted by molar-refractivity contribution is 4.98. The van der Waals surface area contributed by atoms with Crippen molar-refractivity contribution in [3.05, 3.63) is 12.2 Å². The number of hydrogen-bond acceptors (Lipinski definition) is 1. The topological polar surface area (TPSA) is 9.23 Å². The van der Waals surface area contributed by atoms with Gasteiger partial charge in [-0.2, -0.15) is 0 Å². The zero-order valence-corrected chi connectivity index (χ0v) is 7.88. The van der Waals surface area contributed by atoms with Gasteiger partial charge in [0.2, 0.25) is 0 Å². The van der Waals surface area contributed by atoms with Crippen LogP contribution in [0.1, 0.15) is 39.0 Å². The summed E-state index contributed by atoms with van der Waals surface area (Å²) in [6, 6.07) is 0. The van der Waals surface area contributed by atoms with Crippen molar-refractivity contribution in [3.63, 3.8) is 0 Å². The molecule has 0 saturated heterocycles. The van der Waals surface area contributed by atoms with Crippen LogP contribution in [0, 0.1) is 5.92 Å². The van der Waals surface area contributed by atoms with Gasteiger partial charge in [0, 0.05) is 0 Å². The molecule has 1 fully saturated rings. The minimum absolute atomic E-state index is 0.253. The Morgan fingerprint density at radius 3 is 3.00 bits per heavy atom. The van der Waals surface area contributed by atoms with E-state index < -0.39 is 0 Å². The second kappa shape index (κ2) is 3.21. The van der Waals surface area contributed by atoms with E-state index in [2.05, 4.69) is 19.1 Å². The van der Waals surface area contributed by atoms with E-state index in [1.807, 2.05) is 0 Å². The number of ether oxygens (including phenoxy) is 1. The summed E-state index contributed by atoms with van der Waals surface area (Å²) < 4.78 is 5.98. The molecule has 1 saturated carbocycles. The first-order chi connectivity index (χ1) is 5.83. The minimum atomic E-state index is 0.253. The Balaban J connectivity index is 2.08. The van der Waals surface area contributed by atoms with Gasteiger partial charge in [0.1, 0.15) is 0 Å². The number of allylic oxidation sites excluding steroid dienone is 1. The first-order valence-electron chi connectivity index (χ1n) is 5.12. The van der Waals surface area contributed by atoms with Crippen LogP contribution in [0.4, 0.5) is 0 Å². The Hall–Kier alpha value is -0.300. The molecular formula is C11H18O. The van der Waals surface area contributed by atoms with Crippen molar-refractivity contribution in [1.29, 1.82) is 0 Å². The summed E-state index contributed by atoms with van der Waals surface area (Å²) in [5.74, 6) is 0.775. The van der Waals surface area contributed by atoms with Gasteiger partial charge in [-0.3, -0.25) is 0 Å². The van der Waals surface area contributed by atoms with Gasteiger partial charge in [0.15, 0.2) is 0 Å². The molecule has 2 unspecified atom stereocenters. The average Bonchev–Trinajstić information content (AvgIpc) is 2.33. The molecule has 0 bridgehead atoms. The van der Waals surface area contributed by atoms with Crippen LogP contribution in [0.3, 0.4) is 0 Å². The highest BCUT2D eigenvalue weighted by atomic mass is 16.5. The Labute approximate surface area is 74.8 Å². The predicted molar refractivity (Wildman–Crippen MR) is 50.1 cm³/mol. The molecule has 2 rings (SSSR count). The van der Waals surface area contributed by atoms with Gasteiger partial charge in [-0.25, -0.2) is 0 Å². The van der Waals surface area contributed by atoms with Gasteiger partial charge in [0.05, 0.1) is 12.2 Å². The van der Waals surface area contributed by atoms with E-state index >= 15 is 0 Å². The molecule has 1 aliphatic heterocycles. The third kappa shape index (κ3) is 1.31. The maximum atomic E-state index is 5.98. The fourth-order valence-electron chi connectivity index (χ4n) is 2.60. The third-order valence-corrected chi connectivity index (χ3v) is 3.50. The molecule has 1 spiro atoms. The van der Waals surface area contributed by atoms with Gasteiger partial charge in [-0.05, 0) is 31.6 Å². The van der Waals surface area contributed by atoms with Crippen molar-refractivity contribution in [1.82, 2.24) is 0 Å². The Morgan fingerprint density at radius 1 is 1.33 bits per heavy atom. The highest BCUT2D eigenvalue weighted by Gasteiger charge is 2.40. The van der Waals surface area contributed by atoms with Crippen molar-refractivity contribution in [2.24, 2.45) is 5.92 Å². The number of hydrogen-bond donors (Lipinski definition) is 0. The Morgan fingerprint density at radius 2 is 2.25 bits per heavy atom. The van der Waals surface area contributed by atoms with Crippen molar-refractivity contribution in [3.8, 4) is 0 Å². The summed E-state index contributed by atoms with van der Waals surface area (Å²) in [4.78, 5) is 0. The van der Waals surface area contributed by atoms with Gasteiger partial charge in [-0.1, -0.05) is 25.5 Å². The zero-order valence-electron chi connectivity index (χ0n) is 7.88. The molecule has 0 aromatic carbocycles. The van der Waals surface area contributed by atoms with Crippen LogP contribution in [0.25, 0.3) is 0 Å². The van der Waals surface area contributed by atoms with Gasteiger partial charge in [-0.15, -0.1) is 0 Å². The average molecular weight is 166 g/mol. The summed E-state index contributed by atoms with van der Waals surface area (Å²) in [6.07, 6.45) is 10.9. The molecule has 0 amide bonds. The monoisotopic (exact) mass is 166 g/mol. The molecule has 1 heterocycles. The van der Waals surface area contributed by atoms with Crippen molar-refractivity contribution >= 4 is 0 Å². The lowest BCUT2D eigenvalue weighted by atomic mass is 9.88. The molecule has 12 heavy (non-hydrogen) atoms. The molecule has 1 nitrogen and oxygen atoms in total. The van der Waals surface area contributed by atoms with E-state index in [9.17, 15) is 0 Å². The SMILES string of the molecule is CC1CCCC12CCC=CCO2. The van der Waals surface area contributed by atoms with E-state index in [0.29, 0.717) is 0 Å². The fourth-order valence-corrected chi connectivity index (χ4v) is 2.60. The van der Waals surface area contributed by atoms with Crippen LogP contribution in [0.5, 0.6) is 0 Å². The highest BCUT2D eigenvalue weighted by Crippen LogP contribution is 2.42. The molecule has 0 radical (unpaired) electrons. The standard InChI is InChI=1S/C11H18O/c1-10-6-5-8-11(10)7-3-2-4-9-12-11/h2,4,10H,3,5-9H2,1H3.